The van der Waals surface area contributed by atoms with Crippen LogP contribution in [0.25, 0.3) is 10.9 Å². The van der Waals surface area contributed by atoms with Crippen LogP contribution in [0.1, 0.15) is 17.0 Å². The molecule has 21 heavy (non-hydrogen) atoms. The average Bonchev–Trinajstić information content (AvgIpc) is 2.93. The fourth-order valence-electron chi connectivity index (χ4n) is 2.82. The smallest absolute Gasteiger partial charge is 0.0865 e. The second-order valence-electron chi connectivity index (χ2n) is 5.31. The van der Waals surface area contributed by atoms with Crippen LogP contribution in [0, 0.1) is 6.92 Å². The van der Waals surface area contributed by atoms with Crippen molar-refractivity contribution in [3.05, 3.63) is 52.4 Å². The van der Waals surface area contributed by atoms with E-state index in [1.165, 1.54) is 16.5 Å². The van der Waals surface area contributed by atoms with Crippen molar-refractivity contribution in [2.75, 3.05) is 6.54 Å². The van der Waals surface area contributed by atoms with E-state index in [-0.39, 0.29) is 0 Å². The second-order valence-corrected chi connectivity index (χ2v) is 5.69. The van der Waals surface area contributed by atoms with Crippen molar-refractivity contribution in [2.45, 2.75) is 19.9 Å². The molecule has 0 bridgehead atoms. The van der Waals surface area contributed by atoms with Gasteiger partial charge in [-0.05, 0) is 31.5 Å². The summed E-state index contributed by atoms with van der Waals surface area (Å²) in [6.45, 7) is 3.29. The zero-order valence-electron chi connectivity index (χ0n) is 12.3. The summed E-state index contributed by atoms with van der Waals surface area (Å²) in [6, 6.07) is 8.40. The number of para-hydroxylation sites is 1. The summed E-state index contributed by atoms with van der Waals surface area (Å²) >= 11 is 6.37. The molecular weight excluding hydrogens is 284 g/mol. The van der Waals surface area contributed by atoms with Crippen LogP contribution in [0.3, 0.4) is 0 Å². The van der Waals surface area contributed by atoms with Crippen molar-refractivity contribution in [3.8, 4) is 0 Å². The topological polar surface area (TPSA) is 48.8 Å². The van der Waals surface area contributed by atoms with Crippen molar-refractivity contribution >= 4 is 22.5 Å². The van der Waals surface area contributed by atoms with Gasteiger partial charge in [-0.25, -0.2) is 0 Å². The van der Waals surface area contributed by atoms with Gasteiger partial charge in [0.15, 0.2) is 0 Å². The van der Waals surface area contributed by atoms with Gasteiger partial charge in [-0.3, -0.25) is 4.68 Å². The van der Waals surface area contributed by atoms with E-state index in [1.54, 1.807) is 0 Å². The number of aryl methyl sites for hydroxylation is 2. The van der Waals surface area contributed by atoms with E-state index in [4.69, 9.17) is 17.3 Å². The summed E-state index contributed by atoms with van der Waals surface area (Å²) in [5, 5.41) is 6.39. The van der Waals surface area contributed by atoms with E-state index in [0.717, 1.165) is 22.8 Å². The molecule has 0 aliphatic heterocycles. The highest BCUT2D eigenvalue weighted by molar-refractivity contribution is 6.31. The summed E-state index contributed by atoms with van der Waals surface area (Å²) in [6.07, 6.45) is 3.06. The summed E-state index contributed by atoms with van der Waals surface area (Å²) in [5.74, 6) is 0. The first-order valence-corrected chi connectivity index (χ1v) is 7.44. The Morgan fingerprint density at radius 3 is 2.71 bits per heavy atom. The number of fused-ring (bicyclic) bond motifs is 1. The molecule has 0 spiro atoms. The Balaban J connectivity index is 2.08. The average molecular weight is 303 g/mol. The SMILES string of the molecule is Cc1nn(C)c(Cn2cc(CCN)c3ccccc32)c1Cl. The lowest BCUT2D eigenvalue weighted by Crippen LogP contribution is -2.05. The Kier molecular flexibility index (Phi) is 3.74. The predicted octanol–water partition coefficient (Wildman–Crippen LogP) is 2.89. The number of hydrogen-bond acceptors (Lipinski definition) is 2. The first-order valence-electron chi connectivity index (χ1n) is 7.06. The quantitative estimate of drug-likeness (QED) is 0.805. The maximum atomic E-state index is 6.37. The van der Waals surface area contributed by atoms with Crippen LogP contribution < -0.4 is 5.73 Å². The van der Waals surface area contributed by atoms with E-state index in [1.807, 2.05) is 18.7 Å². The van der Waals surface area contributed by atoms with Gasteiger partial charge in [0.25, 0.3) is 0 Å². The maximum Gasteiger partial charge on any atom is 0.0865 e. The van der Waals surface area contributed by atoms with Crippen molar-refractivity contribution < 1.29 is 0 Å². The monoisotopic (exact) mass is 302 g/mol. The highest BCUT2D eigenvalue weighted by Crippen LogP contribution is 2.25. The minimum atomic E-state index is 0.652. The minimum Gasteiger partial charge on any atom is -0.341 e. The minimum absolute atomic E-state index is 0.652. The van der Waals surface area contributed by atoms with E-state index in [9.17, 15) is 0 Å². The normalized spacial score (nSPS) is 11.4. The van der Waals surface area contributed by atoms with Crippen LogP contribution in [0.4, 0.5) is 0 Å². The highest BCUT2D eigenvalue weighted by atomic mass is 35.5. The summed E-state index contributed by atoms with van der Waals surface area (Å²) in [5.41, 5.74) is 10.1. The number of nitrogens with zero attached hydrogens (tertiary/aromatic N) is 3. The molecule has 0 radical (unpaired) electrons. The zero-order chi connectivity index (χ0) is 15.0. The molecule has 4 nitrogen and oxygen atoms in total. The van der Waals surface area contributed by atoms with Crippen LogP contribution >= 0.6 is 11.6 Å². The van der Waals surface area contributed by atoms with Gasteiger partial charge in [0.2, 0.25) is 0 Å². The highest BCUT2D eigenvalue weighted by Gasteiger charge is 2.14. The van der Waals surface area contributed by atoms with Crippen LogP contribution in [0.15, 0.2) is 30.5 Å². The fourth-order valence-corrected chi connectivity index (χ4v) is 3.04. The molecule has 110 valence electrons. The molecule has 0 saturated carbocycles. The standard InChI is InChI=1S/C16H19ClN4/c1-11-16(17)15(20(2)19-11)10-21-9-12(7-8-18)13-5-3-4-6-14(13)21/h3-6,9H,7-8,10,18H2,1-2H3. The Labute approximate surface area is 129 Å². The van der Waals surface area contributed by atoms with Crippen molar-refractivity contribution in [3.63, 3.8) is 0 Å². The number of nitrogens with two attached hydrogens (primary N) is 1. The van der Waals surface area contributed by atoms with Gasteiger partial charge in [-0.15, -0.1) is 0 Å². The Hall–Kier alpha value is -1.78. The Morgan fingerprint density at radius 2 is 2.05 bits per heavy atom. The third-order valence-corrected chi connectivity index (χ3v) is 4.36. The van der Waals surface area contributed by atoms with Crippen LogP contribution in [-0.4, -0.2) is 20.9 Å². The fraction of sp³-hybridized carbons (Fsp3) is 0.312. The van der Waals surface area contributed by atoms with Crippen molar-refractivity contribution in [1.82, 2.24) is 14.3 Å². The number of hydrogen-bond donors (Lipinski definition) is 1. The van der Waals surface area contributed by atoms with Crippen molar-refractivity contribution in [2.24, 2.45) is 12.8 Å². The molecule has 1 aromatic carbocycles. The summed E-state index contributed by atoms with van der Waals surface area (Å²) < 4.78 is 4.08. The van der Waals surface area contributed by atoms with Crippen LogP contribution in [0.5, 0.6) is 0 Å². The molecule has 2 heterocycles. The summed E-state index contributed by atoms with van der Waals surface area (Å²) in [7, 11) is 1.93. The number of rotatable bonds is 4. The molecule has 3 rings (SSSR count). The van der Waals surface area contributed by atoms with Crippen LogP contribution in [0.2, 0.25) is 5.02 Å². The van der Waals surface area contributed by atoms with Crippen molar-refractivity contribution in [1.29, 1.82) is 0 Å². The molecule has 0 amide bonds. The largest absolute Gasteiger partial charge is 0.341 e. The summed E-state index contributed by atoms with van der Waals surface area (Å²) in [4.78, 5) is 0. The molecule has 3 aromatic rings. The van der Waals surface area contributed by atoms with Crippen LogP contribution in [-0.2, 0) is 20.0 Å². The lowest BCUT2D eigenvalue weighted by atomic mass is 10.1. The lowest BCUT2D eigenvalue weighted by molar-refractivity contribution is 0.672. The van der Waals surface area contributed by atoms with Gasteiger partial charge >= 0.3 is 0 Å². The first kappa shape index (κ1) is 14.2. The third kappa shape index (κ3) is 2.45. The molecule has 0 fully saturated rings. The van der Waals surface area contributed by atoms with Gasteiger partial charge in [0, 0.05) is 24.1 Å². The molecule has 0 unspecified atom stereocenters. The van der Waals surface area contributed by atoms with Gasteiger partial charge in [-0.2, -0.15) is 5.10 Å². The maximum absolute atomic E-state index is 6.37. The number of halogens is 1. The molecule has 2 N–H and O–H groups in total. The van der Waals surface area contributed by atoms with Gasteiger partial charge < -0.3 is 10.3 Å². The first-order chi connectivity index (χ1) is 10.1. The molecular formula is C16H19ClN4. The molecule has 0 aliphatic carbocycles. The third-order valence-electron chi connectivity index (χ3n) is 3.87. The lowest BCUT2D eigenvalue weighted by Gasteiger charge is -2.06. The zero-order valence-corrected chi connectivity index (χ0v) is 13.1. The van der Waals surface area contributed by atoms with Gasteiger partial charge in [-0.1, -0.05) is 29.8 Å². The Bertz CT molecular complexity index is 785. The molecule has 0 atom stereocenters. The number of benzene rings is 1. The van der Waals surface area contributed by atoms with E-state index >= 15 is 0 Å². The van der Waals surface area contributed by atoms with E-state index in [2.05, 4.69) is 40.1 Å². The van der Waals surface area contributed by atoms with E-state index in [0.29, 0.717) is 13.1 Å². The molecule has 5 heteroatoms. The van der Waals surface area contributed by atoms with Gasteiger partial charge in [0.05, 0.1) is 23.0 Å². The predicted molar refractivity (Wildman–Crippen MR) is 86.8 cm³/mol. The molecule has 2 aromatic heterocycles. The van der Waals surface area contributed by atoms with Gasteiger partial charge in [0.1, 0.15) is 0 Å². The second kappa shape index (κ2) is 5.54. The molecule has 0 aliphatic rings. The molecule has 0 saturated heterocycles. The number of aromatic nitrogens is 3. The Morgan fingerprint density at radius 1 is 1.29 bits per heavy atom. The van der Waals surface area contributed by atoms with E-state index < -0.39 is 0 Å².